The van der Waals surface area contributed by atoms with Gasteiger partial charge in [0.2, 0.25) is 0 Å². The number of hydrazine groups is 1. The lowest BCUT2D eigenvalue weighted by Gasteiger charge is -1.76. The van der Waals surface area contributed by atoms with Gasteiger partial charge in [0.1, 0.15) is 0 Å². The van der Waals surface area contributed by atoms with Crippen LogP contribution in [0.4, 0.5) is 0 Å². The van der Waals surface area contributed by atoms with Gasteiger partial charge < -0.3 is 5.43 Å². The molecule has 0 unspecified atom stereocenters. The standard InChI is InChI=1S/C3H8N2.H2O4S/c1-2-3-5-4;1-5(2,3)4/h2-3,5H,4H2,1H3;(H2,1,2,3,4)/b3-2-;. The molecular weight excluding hydrogens is 160 g/mol. The maximum atomic E-state index is 8.74. The van der Waals surface area contributed by atoms with Crippen molar-refractivity contribution in [3.05, 3.63) is 12.3 Å². The number of allylic oxidation sites excluding steroid dienone is 1. The molecule has 0 saturated carbocycles. The summed E-state index contributed by atoms with van der Waals surface area (Å²) in [6.45, 7) is 1.89. The van der Waals surface area contributed by atoms with Crippen molar-refractivity contribution < 1.29 is 17.5 Å². The zero-order valence-corrected chi connectivity index (χ0v) is 6.17. The summed E-state index contributed by atoms with van der Waals surface area (Å²) < 4.78 is 31.6. The van der Waals surface area contributed by atoms with Crippen molar-refractivity contribution in [2.24, 2.45) is 5.84 Å². The first-order valence-electron chi connectivity index (χ1n) is 2.19. The number of hydrogen-bond acceptors (Lipinski definition) is 4. The smallest absolute Gasteiger partial charge is 0.332 e. The van der Waals surface area contributed by atoms with Crippen molar-refractivity contribution in [1.82, 2.24) is 5.43 Å². The second kappa shape index (κ2) is 6.49. The van der Waals surface area contributed by atoms with E-state index in [0.29, 0.717) is 0 Å². The largest absolute Gasteiger partial charge is 0.394 e. The highest BCUT2D eigenvalue weighted by molar-refractivity contribution is 7.79. The molecule has 6 nitrogen and oxygen atoms in total. The fraction of sp³-hybridized carbons (Fsp3) is 0.333. The maximum absolute atomic E-state index is 8.74. The second-order valence-corrected chi connectivity index (χ2v) is 2.01. The first-order chi connectivity index (χ1) is 4.41. The Labute approximate surface area is 59.3 Å². The van der Waals surface area contributed by atoms with Gasteiger partial charge in [-0.15, -0.1) is 0 Å². The van der Waals surface area contributed by atoms with Gasteiger partial charge >= 0.3 is 10.4 Å². The van der Waals surface area contributed by atoms with Gasteiger partial charge in [-0.2, -0.15) is 8.42 Å². The molecular formula is C3H10N2O4S. The molecule has 0 atom stereocenters. The summed E-state index contributed by atoms with van der Waals surface area (Å²) in [7, 11) is -4.67. The van der Waals surface area contributed by atoms with E-state index in [1.54, 1.807) is 6.20 Å². The van der Waals surface area contributed by atoms with Gasteiger partial charge in [0.25, 0.3) is 0 Å². The van der Waals surface area contributed by atoms with Gasteiger partial charge in [-0.25, -0.2) is 0 Å². The van der Waals surface area contributed by atoms with E-state index in [1.807, 2.05) is 13.0 Å². The first kappa shape index (κ1) is 12.1. The molecule has 0 radical (unpaired) electrons. The highest BCUT2D eigenvalue weighted by Gasteiger charge is 1.84. The monoisotopic (exact) mass is 170 g/mol. The van der Waals surface area contributed by atoms with Gasteiger partial charge in [-0.05, 0) is 6.92 Å². The molecule has 0 heterocycles. The Balaban J connectivity index is 0. The van der Waals surface area contributed by atoms with Crippen LogP contribution in [0.2, 0.25) is 0 Å². The highest BCUT2D eigenvalue weighted by atomic mass is 32.3. The third-order valence-electron chi connectivity index (χ3n) is 0.263. The minimum absolute atomic E-state index is 1.65. The summed E-state index contributed by atoms with van der Waals surface area (Å²) in [5.41, 5.74) is 2.34. The summed E-state index contributed by atoms with van der Waals surface area (Å²) in [5, 5.41) is 0. The molecule has 5 N–H and O–H groups in total. The third-order valence-corrected chi connectivity index (χ3v) is 0.263. The minimum Gasteiger partial charge on any atom is -0.332 e. The van der Waals surface area contributed by atoms with Gasteiger partial charge in [0.05, 0.1) is 0 Å². The molecule has 7 heteroatoms. The fourth-order valence-electron chi connectivity index (χ4n) is 0.0962. The third kappa shape index (κ3) is 159. The van der Waals surface area contributed by atoms with E-state index in [9.17, 15) is 0 Å². The molecule has 0 aromatic heterocycles. The van der Waals surface area contributed by atoms with Crippen LogP contribution in [0.15, 0.2) is 12.3 Å². The Hall–Kier alpha value is -0.630. The molecule has 0 aromatic carbocycles. The normalized spacial score (nSPS) is 10.4. The van der Waals surface area contributed by atoms with Gasteiger partial charge in [0, 0.05) is 6.20 Å². The van der Waals surface area contributed by atoms with E-state index in [1.165, 1.54) is 0 Å². The first-order valence-corrected chi connectivity index (χ1v) is 3.58. The Morgan fingerprint density at radius 3 is 1.80 bits per heavy atom. The Morgan fingerprint density at radius 2 is 1.80 bits per heavy atom. The van der Waals surface area contributed by atoms with Crippen molar-refractivity contribution >= 4 is 10.4 Å². The van der Waals surface area contributed by atoms with E-state index in [-0.39, 0.29) is 0 Å². The van der Waals surface area contributed by atoms with Crippen LogP contribution < -0.4 is 11.3 Å². The molecule has 10 heavy (non-hydrogen) atoms. The summed E-state index contributed by atoms with van der Waals surface area (Å²) in [6.07, 6.45) is 3.47. The van der Waals surface area contributed by atoms with E-state index < -0.39 is 10.4 Å². The molecule has 0 aliphatic heterocycles. The summed E-state index contributed by atoms with van der Waals surface area (Å²) in [5.74, 6) is 4.80. The van der Waals surface area contributed by atoms with Crippen LogP contribution in [0.3, 0.4) is 0 Å². The van der Waals surface area contributed by atoms with Crippen LogP contribution in [-0.4, -0.2) is 17.5 Å². The van der Waals surface area contributed by atoms with E-state index in [0.717, 1.165) is 0 Å². The lowest BCUT2D eigenvalue weighted by molar-refractivity contribution is 0.381. The van der Waals surface area contributed by atoms with Crippen molar-refractivity contribution in [2.75, 3.05) is 0 Å². The van der Waals surface area contributed by atoms with Gasteiger partial charge in [-0.1, -0.05) is 6.08 Å². The van der Waals surface area contributed by atoms with Crippen molar-refractivity contribution in [3.8, 4) is 0 Å². The minimum atomic E-state index is -4.67. The molecule has 0 saturated heterocycles. The molecule has 0 rings (SSSR count). The van der Waals surface area contributed by atoms with Crippen LogP contribution in [0, 0.1) is 0 Å². The van der Waals surface area contributed by atoms with E-state index in [4.69, 9.17) is 23.4 Å². The second-order valence-electron chi connectivity index (χ2n) is 1.11. The topological polar surface area (TPSA) is 113 Å². The lowest BCUT2D eigenvalue weighted by atomic mass is 10.7. The molecule has 0 bridgehead atoms. The molecule has 0 fully saturated rings. The summed E-state index contributed by atoms with van der Waals surface area (Å²) in [6, 6.07) is 0. The quantitative estimate of drug-likeness (QED) is 0.236. The Morgan fingerprint density at radius 1 is 1.50 bits per heavy atom. The molecule has 62 valence electrons. The molecule has 0 aliphatic carbocycles. The van der Waals surface area contributed by atoms with E-state index >= 15 is 0 Å². The van der Waals surface area contributed by atoms with E-state index in [2.05, 4.69) is 5.43 Å². The van der Waals surface area contributed by atoms with Crippen LogP contribution in [-0.2, 0) is 10.4 Å². The predicted molar refractivity (Wildman–Crippen MR) is 36.3 cm³/mol. The van der Waals surface area contributed by atoms with Crippen LogP contribution >= 0.6 is 0 Å². The van der Waals surface area contributed by atoms with Crippen molar-refractivity contribution in [3.63, 3.8) is 0 Å². The van der Waals surface area contributed by atoms with Crippen LogP contribution in [0.5, 0.6) is 0 Å². The molecule has 0 spiro atoms. The molecule has 0 aromatic rings. The Bertz CT molecular complexity index is 165. The van der Waals surface area contributed by atoms with Crippen LogP contribution in [0.1, 0.15) is 6.92 Å². The number of rotatable bonds is 1. The number of nitrogens with one attached hydrogen (secondary N) is 1. The van der Waals surface area contributed by atoms with Gasteiger partial charge in [-0.3, -0.25) is 14.9 Å². The zero-order valence-electron chi connectivity index (χ0n) is 5.35. The maximum Gasteiger partial charge on any atom is 0.394 e. The number of nitrogens with two attached hydrogens (primary N) is 1. The zero-order chi connectivity index (χ0) is 8.62. The summed E-state index contributed by atoms with van der Waals surface area (Å²) in [4.78, 5) is 0. The van der Waals surface area contributed by atoms with Crippen molar-refractivity contribution in [2.45, 2.75) is 6.92 Å². The highest BCUT2D eigenvalue weighted by Crippen LogP contribution is 1.59. The summed E-state index contributed by atoms with van der Waals surface area (Å²) >= 11 is 0. The SMILES string of the molecule is C/C=C\NN.O=S(=O)(O)O. The molecule has 0 amide bonds. The number of hydrogen-bond donors (Lipinski definition) is 4. The molecule has 0 aliphatic rings. The van der Waals surface area contributed by atoms with Crippen LogP contribution in [0.25, 0.3) is 0 Å². The average molecular weight is 170 g/mol. The Kier molecular flexibility index (Phi) is 7.84. The fourth-order valence-corrected chi connectivity index (χ4v) is 0.0962. The van der Waals surface area contributed by atoms with Gasteiger partial charge in [0.15, 0.2) is 0 Å². The lowest BCUT2D eigenvalue weighted by Crippen LogP contribution is -2.12. The predicted octanol–water partition coefficient (Wildman–Crippen LogP) is -0.669. The average Bonchev–Trinajstić information content (AvgIpc) is 1.63. The van der Waals surface area contributed by atoms with Crippen molar-refractivity contribution in [1.29, 1.82) is 0 Å².